The summed E-state index contributed by atoms with van der Waals surface area (Å²) in [7, 11) is 1.69. The highest BCUT2D eigenvalue weighted by atomic mass is 127. The van der Waals surface area contributed by atoms with Crippen LogP contribution in [0.1, 0.15) is 32.0 Å². The Bertz CT molecular complexity index is 585. The van der Waals surface area contributed by atoms with Crippen LogP contribution in [0.2, 0.25) is 0 Å². The van der Waals surface area contributed by atoms with Crippen LogP contribution >= 0.6 is 24.0 Å². The van der Waals surface area contributed by atoms with Gasteiger partial charge < -0.3 is 9.47 Å². The summed E-state index contributed by atoms with van der Waals surface area (Å²) in [5, 5.41) is 0. The van der Waals surface area contributed by atoms with Crippen LogP contribution in [0.5, 0.6) is 11.5 Å². The van der Waals surface area contributed by atoms with Crippen LogP contribution in [0.25, 0.3) is 0 Å². The highest BCUT2D eigenvalue weighted by Gasteiger charge is 2.16. The van der Waals surface area contributed by atoms with Crippen molar-refractivity contribution in [3.05, 3.63) is 53.9 Å². The fraction of sp³-hybridized carbons (Fsp3) is 0.381. The molecule has 0 bridgehead atoms. The van der Waals surface area contributed by atoms with E-state index in [0.717, 1.165) is 30.2 Å². The molecule has 3 rings (SSSR count). The molecule has 2 heterocycles. The lowest BCUT2D eigenvalue weighted by atomic mass is 9.98. The first kappa shape index (κ1) is 25.5. The molecule has 138 valence electrons. The number of fused-ring (bicyclic) bond motifs is 1. The molecule has 0 spiro atoms. The Kier molecular flexibility index (Phi) is 16.1. The molecule has 1 aliphatic heterocycles. The summed E-state index contributed by atoms with van der Waals surface area (Å²) in [6.07, 6.45) is 10.9. The maximum Gasteiger partial charge on any atom is 0.122 e. The van der Waals surface area contributed by atoms with Crippen molar-refractivity contribution in [2.24, 2.45) is 5.92 Å². The zero-order chi connectivity index (χ0) is 18.4. The number of hydrogen-bond donors (Lipinski definition) is 0. The monoisotopic (exact) mass is 455 g/mol. The number of ether oxygens (including phenoxy) is 2. The average molecular weight is 455 g/mol. The van der Waals surface area contributed by atoms with Gasteiger partial charge in [-0.3, -0.25) is 4.98 Å². The Morgan fingerprint density at radius 1 is 1.16 bits per heavy atom. The van der Waals surface area contributed by atoms with E-state index >= 15 is 0 Å². The summed E-state index contributed by atoms with van der Waals surface area (Å²) < 4.78 is 10.7. The number of methoxy groups -OCH3 is 1. The summed E-state index contributed by atoms with van der Waals surface area (Å²) >= 11 is 0. The van der Waals surface area contributed by atoms with Crippen LogP contribution in [0.15, 0.2) is 42.6 Å². The summed E-state index contributed by atoms with van der Waals surface area (Å²) in [6, 6.07) is 11.8. The van der Waals surface area contributed by atoms with Crippen molar-refractivity contribution in [2.75, 3.05) is 13.7 Å². The molecule has 0 radical (unpaired) electrons. The molecule has 0 fully saturated rings. The first-order valence-electron chi connectivity index (χ1n) is 8.19. The van der Waals surface area contributed by atoms with E-state index < -0.39 is 0 Å². The average Bonchev–Trinajstić information content (AvgIpc) is 2.65. The van der Waals surface area contributed by atoms with E-state index in [1.165, 1.54) is 5.56 Å². The van der Waals surface area contributed by atoms with Gasteiger partial charge in [0.25, 0.3) is 0 Å². The van der Waals surface area contributed by atoms with Crippen LogP contribution in [0.3, 0.4) is 0 Å². The van der Waals surface area contributed by atoms with Gasteiger partial charge in [0.1, 0.15) is 11.5 Å². The molecule has 1 aromatic heterocycles. The van der Waals surface area contributed by atoms with Gasteiger partial charge in [-0.2, -0.15) is 0 Å². The third-order valence-electron chi connectivity index (χ3n) is 3.17. The standard InChI is InChI=1S/C11H14O2.C6H7N.C2H6.C2H2.HI/c1-8-5-9-6-10(12-2)3-4-11(9)13-7-8;1-6-4-2-3-5-7-6;2*1-2;/h3-4,6,8H,5,7H2,1-2H3;2-5H,1H3;1-2H3;1-2H;1H. The van der Waals surface area contributed by atoms with Crippen molar-refractivity contribution in [1.29, 1.82) is 0 Å². The van der Waals surface area contributed by atoms with E-state index in [0.29, 0.717) is 5.92 Å². The SMILES string of the molecule is C#C.CC.COc1ccc2c(c1)CC(C)CO2.Cc1ccccn1.I. The van der Waals surface area contributed by atoms with E-state index in [-0.39, 0.29) is 24.0 Å². The van der Waals surface area contributed by atoms with Gasteiger partial charge in [0.05, 0.1) is 13.7 Å². The Hall–Kier alpha value is -1.74. The summed E-state index contributed by atoms with van der Waals surface area (Å²) in [5.74, 6) is 2.54. The van der Waals surface area contributed by atoms with Gasteiger partial charge in [-0.1, -0.05) is 26.8 Å². The molecule has 0 saturated heterocycles. The topological polar surface area (TPSA) is 31.4 Å². The Morgan fingerprint density at radius 3 is 2.32 bits per heavy atom. The van der Waals surface area contributed by atoms with Gasteiger partial charge in [-0.25, -0.2) is 0 Å². The molecule has 3 nitrogen and oxygen atoms in total. The quantitative estimate of drug-likeness (QED) is 0.418. The number of aryl methyl sites for hydroxylation is 1. The van der Waals surface area contributed by atoms with E-state index in [1.807, 2.05) is 51.1 Å². The van der Waals surface area contributed by atoms with E-state index in [4.69, 9.17) is 9.47 Å². The third-order valence-corrected chi connectivity index (χ3v) is 3.17. The van der Waals surface area contributed by atoms with Crippen LogP contribution in [0.4, 0.5) is 0 Å². The number of halogens is 1. The number of rotatable bonds is 1. The fourth-order valence-electron chi connectivity index (χ4n) is 2.10. The van der Waals surface area contributed by atoms with E-state index in [1.54, 1.807) is 13.3 Å². The minimum atomic E-state index is 0. The molecule has 2 aromatic rings. The Labute approximate surface area is 170 Å². The lowest BCUT2D eigenvalue weighted by Gasteiger charge is -2.22. The number of benzene rings is 1. The van der Waals surface area contributed by atoms with Crippen LogP contribution in [-0.4, -0.2) is 18.7 Å². The van der Waals surface area contributed by atoms with Gasteiger partial charge >= 0.3 is 0 Å². The zero-order valence-electron chi connectivity index (χ0n) is 15.9. The molecule has 1 aromatic carbocycles. The largest absolute Gasteiger partial charge is 0.497 e. The molecule has 1 atom stereocenters. The van der Waals surface area contributed by atoms with Crippen molar-refractivity contribution in [1.82, 2.24) is 4.98 Å². The summed E-state index contributed by atoms with van der Waals surface area (Å²) in [4.78, 5) is 3.98. The van der Waals surface area contributed by atoms with Crippen molar-refractivity contribution >= 4 is 24.0 Å². The Morgan fingerprint density at radius 2 is 1.84 bits per heavy atom. The second kappa shape index (κ2) is 15.8. The zero-order valence-corrected chi connectivity index (χ0v) is 18.2. The van der Waals surface area contributed by atoms with Crippen molar-refractivity contribution in [3.63, 3.8) is 0 Å². The van der Waals surface area contributed by atoms with Crippen LogP contribution < -0.4 is 9.47 Å². The lowest BCUT2D eigenvalue weighted by molar-refractivity contribution is 0.233. The Balaban J connectivity index is 0. The molecular weight excluding hydrogens is 425 g/mol. The number of terminal acetylenes is 1. The third kappa shape index (κ3) is 9.98. The molecule has 0 N–H and O–H groups in total. The first-order valence-corrected chi connectivity index (χ1v) is 8.19. The highest BCUT2D eigenvalue weighted by molar-refractivity contribution is 14.0. The maximum absolute atomic E-state index is 5.58. The van der Waals surface area contributed by atoms with Crippen LogP contribution in [0, 0.1) is 25.7 Å². The predicted molar refractivity (Wildman–Crippen MR) is 117 cm³/mol. The molecular formula is C21H30INO2. The van der Waals surface area contributed by atoms with Crippen molar-refractivity contribution < 1.29 is 9.47 Å². The van der Waals surface area contributed by atoms with Crippen LogP contribution in [-0.2, 0) is 6.42 Å². The smallest absolute Gasteiger partial charge is 0.122 e. The van der Waals surface area contributed by atoms with Gasteiger partial charge in [0, 0.05) is 11.9 Å². The van der Waals surface area contributed by atoms with E-state index in [9.17, 15) is 0 Å². The number of aromatic nitrogens is 1. The second-order valence-corrected chi connectivity index (χ2v) is 5.07. The number of pyridine rings is 1. The van der Waals surface area contributed by atoms with Crippen molar-refractivity contribution in [2.45, 2.75) is 34.1 Å². The number of hydrogen-bond acceptors (Lipinski definition) is 3. The minimum absolute atomic E-state index is 0. The maximum atomic E-state index is 5.58. The van der Waals surface area contributed by atoms with Gasteiger partial charge in [-0.05, 0) is 55.2 Å². The second-order valence-electron chi connectivity index (χ2n) is 5.07. The minimum Gasteiger partial charge on any atom is -0.497 e. The molecule has 0 amide bonds. The summed E-state index contributed by atoms with van der Waals surface area (Å²) in [5.41, 5.74) is 2.33. The van der Waals surface area contributed by atoms with Gasteiger partial charge in [0.2, 0.25) is 0 Å². The van der Waals surface area contributed by atoms with Crippen molar-refractivity contribution in [3.8, 4) is 24.3 Å². The molecule has 4 heteroatoms. The normalized spacial score (nSPS) is 13.3. The van der Waals surface area contributed by atoms with Gasteiger partial charge in [-0.15, -0.1) is 36.8 Å². The highest BCUT2D eigenvalue weighted by Crippen LogP contribution is 2.30. The molecule has 25 heavy (non-hydrogen) atoms. The summed E-state index contributed by atoms with van der Waals surface area (Å²) in [6.45, 7) is 9.00. The lowest BCUT2D eigenvalue weighted by Crippen LogP contribution is -2.17. The van der Waals surface area contributed by atoms with Gasteiger partial charge in [0.15, 0.2) is 0 Å². The predicted octanol–water partition coefficient (Wildman–Crippen LogP) is 5.55. The molecule has 1 unspecified atom stereocenters. The van der Waals surface area contributed by atoms with E-state index in [2.05, 4.69) is 30.8 Å². The molecule has 1 aliphatic rings. The number of nitrogens with zero attached hydrogens (tertiary/aromatic N) is 1. The molecule has 0 saturated carbocycles. The fourth-order valence-corrected chi connectivity index (χ4v) is 2.10. The first-order chi connectivity index (χ1) is 11.7. The molecule has 0 aliphatic carbocycles.